The number of nitro benzene ring substituents is 1. The molecular formula is C20H22N5O6+. The molecule has 1 heterocycles. The van der Waals surface area contributed by atoms with Crippen LogP contribution in [0.2, 0.25) is 0 Å². The van der Waals surface area contributed by atoms with E-state index in [4.69, 9.17) is 10.00 Å². The Morgan fingerprint density at radius 2 is 2.06 bits per heavy atom. The van der Waals surface area contributed by atoms with Gasteiger partial charge >= 0.3 is 12.0 Å². The molecule has 0 fully saturated rings. The standard InChI is InChI=1S/C20H21N5O6/c1-4-5-6-9-31-20(28)13-7-8-15(16(10-13)25(29)30)22-23-17-12(2)14(11-21)18(26)24(3)19(17)27/h7-8,10,26H,4-6,9H2,1-3H3/p+1. The Hall–Kier alpha value is -4.07. The Bertz CT molecular complexity index is 1150. The van der Waals surface area contributed by atoms with Crippen LogP contribution in [0.3, 0.4) is 0 Å². The first kappa shape index (κ1) is 23.2. The highest BCUT2D eigenvalue weighted by atomic mass is 16.6. The molecule has 0 amide bonds. The molecule has 1 aromatic carbocycles. The molecular weight excluding hydrogens is 406 g/mol. The first-order valence-electron chi connectivity index (χ1n) is 9.45. The number of ether oxygens (including phenoxy) is 1. The van der Waals surface area contributed by atoms with E-state index in [1.807, 2.05) is 13.0 Å². The Labute approximate surface area is 177 Å². The van der Waals surface area contributed by atoms with Gasteiger partial charge in [-0.1, -0.05) is 25.0 Å². The third-order valence-electron chi connectivity index (χ3n) is 4.55. The molecule has 2 rings (SSSR count). The van der Waals surface area contributed by atoms with Crippen molar-refractivity contribution in [1.82, 2.24) is 4.57 Å². The summed E-state index contributed by atoms with van der Waals surface area (Å²) in [6.07, 6.45) is 2.57. The second kappa shape index (κ2) is 10.1. The lowest BCUT2D eigenvalue weighted by Gasteiger charge is -2.07. The van der Waals surface area contributed by atoms with Crippen molar-refractivity contribution in [3.63, 3.8) is 0 Å². The van der Waals surface area contributed by atoms with Gasteiger partial charge in [-0.2, -0.15) is 0 Å². The molecule has 11 heteroatoms. The summed E-state index contributed by atoms with van der Waals surface area (Å²) in [5.74, 6) is -1.14. The van der Waals surface area contributed by atoms with Crippen LogP contribution in [0.5, 0.6) is 5.88 Å². The van der Waals surface area contributed by atoms with E-state index in [1.54, 1.807) is 0 Å². The van der Waals surface area contributed by atoms with Crippen LogP contribution in [-0.2, 0) is 11.8 Å². The third-order valence-corrected chi connectivity index (χ3v) is 4.55. The first-order valence-corrected chi connectivity index (χ1v) is 9.45. The van der Waals surface area contributed by atoms with Crippen molar-refractivity contribution >= 4 is 23.0 Å². The molecule has 0 aliphatic carbocycles. The first-order chi connectivity index (χ1) is 14.7. The molecule has 0 unspecified atom stereocenters. The second-order valence-electron chi connectivity index (χ2n) is 6.67. The van der Waals surface area contributed by atoms with Crippen molar-refractivity contribution in [2.75, 3.05) is 6.61 Å². The fourth-order valence-electron chi connectivity index (χ4n) is 2.72. The molecule has 0 saturated carbocycles. The van der Waals surface area contributed by atoms with Gasteiger partial charge in [0.2, 0.25) is 5.88 Å². The summed E-state index contributed by atoms with van der Waals surface area (Å²) < 4.78 is 5.97. The van der Waals surface area contributed by atoms with Gasteiger partial charge in [0.05, 0.1) is 17.1 Å². The van der Waals surface area contributed by atoms with Gasteiger partial charge in [-0.05, 0) is 25.5 Å². The van der Waals surface area contributed by atoms with E-state index in [9.17, 15) is 24.8 Å². The molecule has 1 aromatic heterocycles. The van der Waals surface area contributed by atoms with Crippen LogP contribution in [-0.4, -0.2) is 27.2 Å². The van der Waals surface area contributed by atoms with Gasteiger partial charge in [0.25, 0.3) is 11.2 Å². The molecule has 0 bridgehead atoms. The number of aromatic nitrogens is 1. The van der Waals surface area contributed by atoms with Crippen molar-refractivity contribution in [2.45, 2.75) is 33.1 Å². The smallest absolute Gasteiger partial charge is 0.338 e. The maximum atomic E-state index is 12.4. The Morgan fingerprint density at radius 3 is 2.68 bits per heavy atom. The minimum Gasteiger partial charge on any atom is -0.493 e. The highest BCUT2D eigenvalue weighted by Crippen LogP contribution is 2.31. The van der Waals surface area contributed by atoms with Gasteiger partial charge in [0.15, 0.2) is 16.9 Å². The number of hydrogen-bond acceptors (Lipinski definition) is 8. The summed E-state index contributed by atoms with van der Waals surface area (Å²) in [5.41, 5.74) is -1.47. The van der Waals surface area contributed by atoms with Gasteiger partial charge in [-0.3, -0.25) is 19.5 Å². The minimum atomic E-state index is -0.721. The maximum Gasteiger partial charge on any atom is 0.338 e. The molecule has 31 heavy (non-hydrogen) atoms. The van der Waals surface area contributed by atoms with Crippen LogP contribution in [0.1, 0.15) is 47.7 Å². The summed E-state index contributed by atoms with van der Waals surface area (Å²) in [6.45, 7) is 3.67. The van der Waals surface area contributed by atoms with Gasteiger partial charge in [0.1, 0.15) is 0 Å². The number of benzene rings is 1. The molecule has 0 aliphatic heterocycles. The molecule has 0 aliphatic rings. The van der Waals surface area contributed by atoms with Crippen molar-refractivity contribution < 1.29 is 24.8 Å². The van der Waals surface area contributed by atoms with E-state index in [0.717, 1.165) is 23.5 Å². The van der Waals surface area contributed by atoms with E-state index in [0.29, 0.717) is 6.42 Å². The second-order valence-corrected chi connectivity index (χ2v) is 6.67. The summed E-state index contributed by atoms with van der Waals surface area (Å²) in [7, 11) is 1.28. The van der Waals surface area contributed by atoms with E-state index >= 15 is 0 Å². The summed E-state index contributed by atoms with van der Waals surface area (Å²) >= 11 is 0. The van der Waals surface area contributed by atoms with E-state index in [-0.39, 0.29) is 34.7 Å². The predicted molar refractivity (Wildman–Crippen MR) is 109 cm³/mol. The predicted octanol–water partition coefficient (Wildman–Crippen LogP) is 2.19. The molecule has 0 spiro atoms. The van der Waals surface area contributed by atoms with Crippen LogP contribution >= 0.6 is 0 Å². The largest absolute Gasteiger partial charge is 0.493 e. The number of esters is 1. The Balaban J connectivity index is 2.41. The summed E-state index contributed by atoms with van der Waals surface area (Å²) in [5, 5.41) is 36.3. The summed E-state index contributed by atoms with van der Waals surface area (Å²) in [4.78, 5) is 35.2. The van der Waals surface area contributed by atoms with Crippen LogP contribution in [0.4, 0.5) is 17.1 Å². The Morgan fingerprint density at radius 1 is 1.35 bits per heavy atom. The van der Waals surface area contributed by atoms with Gasteiger partial charge in [-0.25, -0.2) is 4.79 Å². The van der Waals surface area contributed by atoms with Crippen molar-refractivity contribution in [3.8, 4) is 11.9 Å². The average Bonchev–Trinajstić information content (AvgIpc) is 2.75. The zero-order chi connectivity index (χ0) is 23.1. The van der Waals surface area contributed by atoms with Crippen LogP contribution in [0.15, 0.2) is 33.2 Å². The number of rotatable bonds is 8. The fourth-order valence-corrected chi connectivity index (χ4v) is 2.72. The molecule has 11 nitrogen and oxygen atoms in total. The number of carbonyl (C=O) groups excluding carboxylic acids is 1. The molecule has 0 atom stereocenters. The molecule has 162 valence electrons. The number of aromatic hydroxyl groups is 1. The summed E-state index contributed by atoms with van der Waals surface area (Å²) in [6, 6.07) is 5.61. The number of hydrogen-bond donors (Lipinski definition) is 2. The van der Waals surface area contributed by atoms with E-state index < -0.39 is 28.0 Å². The van der Waals surface area contributed by atoms with Crippen LogP contribution in [0.25, 0.3) is 0 Å². The van der Waals surface area contributed by atoms with Gasteiger partial charge in [0, 0.05) is 18.7 Å². The number of unbranched alkanes of at least 4 members (excludes halogenated alkanes) is 2. The monoisotopic (exact) mass is 428 g/mol. The lowest BCUT2D eigenvalue weighted by atomic mass is 10.1. The normalized spacial score (nSPS) is 10.8. The topological polar surface area (TPSA) is 160 Å². The van der Waals surface area contributed by atoms with Crippen LogP contribution in [0, 0.1) is 23.1 Å². The van der Waals surface area contributed by atoms with Gasteiger partial charge in [-0.15, -0.1) is 10.2 Å². The van der Waals surface area contributed by atoms with Crippen LogP contribution < -0.4 is 10.8 Å². The maximum absolute atomic E-state index is 12.4. The zero-order valence-corrected chi connectivity index (χ0v) is 17.3. The zero-order valence-electron chi connectivity index (χ0n) is 17.3. The van der Waals surface area contributed by atoms with Crippen molar-refractivity contribution in [3.05, 3.63) is 55.4 Å². The number of nitrogens with one attached hydrogen (secondary N) is 1. The molecule has 2 aromatic rings. The number of nitro groups is 1. The number of azo groups is 1. The fraction of sp³-hybridized carbons (Fsp3) is 0.350. The van der Waals surface area contributed by atoms with Crippen molar-refractivity contribution in [1.29, 1.82) is 0 Å². The van der Waals surface area contributed by atoms with Gasteiger partial charge < -0.3 is 9.84 Å². The minimum absolute atomic E-state index is 0.000399. The van der Waals surface area contributed by atoms with E-state index in [2.05, 4.69) is 10.2 Å². The quantitative estimate of drug-likeness (QED) is 0.215. The average molecular weight is 428 g/mol. The number of pyridine rings is 1. The molecule has 0 saturated heterocycles. The SMILES string of the molecule is CCCCCOC(=O)c1ccc(N=Nc2c(C)c(C#[NH+])c(O)n(C)c2=O)c([N+](=O)[O-])c1. The lowest BCUT2D eigenvalue weighted by molar-refractivity contribution is -0.384. The highest BCUT2D eigenvalue weighted by molar-refractivity contribution is 5.91. The van der Waals surface area contributed by atoms with Crippen molar-refractivity contribution in [2.24, 2.45) is 17.3 Å². The number of carbonyl (C=O) groups is 1. The highest BCUT2D eigenvalue weighted by Gasteiger charge is 2.21. The molecule has 0 radical (unpaired) electrons. The third kappa shape index (κ3) is 5.11. The number of nitrogens with zero attached hydrogens (tertiary/aromatic N) is 4. The molecule has 2 N–H and O–H groups in total. The Kier molecular flexibility index (Phi) is 7.57. The lowest BCUT2D eigenvalue weighted by Crippen LogP contribution is -2.22. The van der Waals surface area contributed by atoms with E-state index in [1.165, 1.54) is 26.1 Å².